The minimum absolute atomic E-state index is 0.428. The van der Waals surface area contributed by atoms with Gasteiger partial charge in [-0.05, 0) is 24.1 Å². The van der Waals surface area contributed by atoms with Crippen LogP contribution in [0.4, 0.5) is 0 Å². The molecule has 2 heterocycles. The number of nitrogens with zero attached hydrogens (tertiary/aromatic N) is 5. The number of aliphatic carboxylic acids is 1. The van der Waals surface area contributed by atoms with Crippen molar-refractivity contribution in [1.29, 1.82) is 0 Å². The Kier molecular flexibility index (Phi) is 4.96. The maximum atomic E-state index is 11.1. The van der Waals surface area contributed by atoms with E-state index in [0.29, 0.717) is 34.2 Å². The minimum Gasteiger partial charge on any atom is -0.549 e. The molecule has 124 valence electrons. The number of aromatic nitrogens is 5. The van der Waals surface area contributed by atoms with Crippen LogP contribution in [0.2, 0.25) is 5.02 Å². The number of carboxylic acids is 1. The van der Waals surface area contributed by atoms with Gasteiger partial charge in [-0.25, -0.2) is 14.6 Å². The van der Waals surface area contributed by atoms with Gasteiger partial charge in [0.25, 0.3) is 0 Å². The number of halogens is 1. The fourth-order valence-corrected chi connectivity index (χ4v) is 3.17. The van der Waals surface area contributed by atoms with Crippen molar-refractivity contribution in [2.45, 2.75) is 30.2 Å². The Morgan fingerprint density at radius 1 is 1.33 bits per heavy atom. The zero-order valence-electron chi connectivity index (χ0n) is 12.7. The first-order chi connectivity index (χ1) is 11.6. The van der Waals surface area contributed by atoms with Crippen molar-refractivity contribution < 1.29 is 9.90 Å². The van der Waals surface area contributed by atoms with E-state index in [9.17, 15) is 9.90 Å². The van der Waals surface area contributed by atoms with Gasteiger partial charge in [-0.15, -0.1) is 5.10 Å². The molecule has 0 saturated carbocycles. The fraction of sp³-hybridized carbons (Fsp3) is 0.267. The summed E-state index contributed by atoms with van der Waals surface area (Å²) < 4.78 is 1.64. The van der Waals surface area contributed by atoms with Crippen LogP contribution in [0.25, 0.3) is 11.2 Å². The summed E-state index contributed by atoms with van der Waals surface area (Å²) in [6.45, 7) is 2.26. The third kappa shape index (κ3) is 3.49. The first-order valence-corrected chi connectivity index (χ1v) is 8.50. The van der Waals surface area contributed by atoms with Crippen LogP contribution in [0.5, 0.6) is 0 Å². The standard InChI is InChI=1S/C15H14ClN5O2S/c1-2-11(15(22)23)24-14-12-13(17-8-18-14)21(20-19-12)7-9-3-5-10(16)6-4-9/h3-6,8,11H,2,7H2,1H3,(H,22,23)/p-1/t11-/m0/s1. The van der Waals surface area contributed by atoms with Gasteiger partial charge in [-0.3, -0.25) is 0 Å². The molecule has 2 aromatic heterocycles. The number of hydrogen-bond acceptors (Lipinski definition) is 7. The topological polar surface area (TPSA) is 96.6 Å². The molecule has 24 heavy (non-hydrogen) atoms. The molecular weight excluding hydrogens is 350 g/mol. The number of hydrogen-bond donors (Lipinski definition) is 0. The molecule has 0 saturated heterocycles. The van der Waals surface area contributed by atoms with Gasteiger partial charge in [-0.1, -0.05) is 47.6 Å². The zero-order valence-corrected chi connectivity index (χ0v) is 14.3. The highest BCUT2D eigenvalue weighted by atomic mass is 35.5. The summed E-state index contributed by atoms with van der Waals surface area (Å²) in [6, 6.07) is 7.40. The van der Waals surface area contributed by atoms with Crippen molar-refractivity contribution in [3.63, 3.8) is 0 Å². The van der Waals surface area contributed by atoms with Crippen molar-refractivity contribution in [3.05, 3.63) is 41.2 Å². The van der Waals surface area contributed by atoms with Crippen molar-refractivity contribution in [3.8, 4) is 0 Å². The third-order valence-corrected chi connectivity index (χ3v) is 4.98. The Morgan fingerprint density at radius 2 is 2.08 bits per heavy atom. The lowest BCUT2D eigenvalue weighted by molar-refractivity contribution is -0.304. The Labute approximate surface area is 147 Å². The van der Waals surface area contributed by atoms with E-state index < -0.39 is 11.2 Å². The molecule has 0 aliphatic rings. The van der Waals surface area contributed by atoms with Crippen LogP contribution < -0.4 is 5.11 Å². The first kappa shape index (κ1) is 16.7. The lowest BCUT2D eigenvalue weighted by Crippen LogP contribution is -2.33. The molecular formula is C15H13ClN5O2S-. The van der Waals surface area contributed by atoms with Crippen molar-refractivity contribution in [2.75, 3.05) is 0 Å². The predicted molar refractivity (Wildman–Crippen MR) is 88.6 cm³/mol. The number of carbonyl (C=O) groups is 1. The summed E-state index contributed by atoms with van der Waals surface area (Å²) in [7, 11) is 0. The number of benzene rings is 1. The highest BCUT2D eigenvalue weighted by molar-refractivity contribution is 8.00. The average molecular weight is 363 g/mol. The molecule has 0 unspecified atom stereocenters. The molecule has 1 aromatic carbocycles. The number of carbonyl (C=O) groups excluding carboxylic acids is 1. The second-order valence-electron chi connectivity index (χ2n) is 5.06. The number of thioether (sulfide) groups is 1. The molecule has 0 bridgehead atoms. The summed E-state index contributed by atoms with van der Waals surface area (Å²) in [5, 5.41) is 19.8. The van der Waals surface area contributed by atoms with E-state index in [4.69, 9.17) is 11.6 Å². The van der Waals surface area contributed by atoms with Crippen LogP contribution in [0.3, 0.4) is 0 Å². The first-order valence-electron chi connectivity index (χ1n) is 7.24. The van der Waals surface area contributed by atoms with E-state index in [2.05, 4.69) is 20.3 Å². The molecule has 7 nitrogen and oxygen atoms in total. The van der Waals surface area contributed by atoms with Crippen molar-refractivity contribution in [2.24, 2.45) is 0 Å². The van der Waals surface area contributed by atoms with Crippen molar-refractivity contribution in [1.82, 2.24) is 25.0 Å². The van der Waals surface area contributed by atoms with Crippen LogP contribution in [0.1, 0.15) is 18.9 Å². The second kappa shape index (κ2) is 7.14. The molecule has 1 atom stereocenters. The molecule has 3 aromatic rings. The smallest absolute Gasteiger partial charge is 0.183 e. The van der Waals surface area contributed by atoms with Crippen LogP contribution in [0.15, 0.2) is 35.6 Å². The summed E-state index contributed by atoms with van der Waals surface area (Å²) >= 11 is 6.99. The minimum atomic E-state index is -1.12. The lowest BCUT2D eigenvalue weighted by atomic mass is 10.2. The Hall–Kier alpha value is -2.19. The van der Waals surface area contributed by atoms with Gasteiger partial charge >= 0.3 is 0 Å². The van der Waals surface area contributed by atoms with E-state index in [1.54, 1.807) is 23.7 Å². The Bertz CT molecular complexity index is 868. The van der Waals surface area contributed by atoms with Gasteiger partial charge < -0.3 is 9.90 Å². The Morgan fingerprint density at radius 3 is 2.75 bits per heavy atom. The van der Waals surface area contributed by atoms with Gasteiger partial charge in [0.15, 0.2) is 11.2 Å². The summed E-state index contributed by atoms with van der Waals surface area (Å²) in [6.07, 6.45) is 1.81. The monoisotopic (exact) mass is 362 g/mol. The zero-order chi connectivity index (χ0) is 17.1. The van der Waals surface area contributed by atoms with E-state index >= 15 is 0 Å². The van der Waals surface area contributed by atoms with Crippen LogP contribution in [-0.2, 0) is 11.3 Å². The molecule has 0 N–H and O–H groups in total. The summed E-state index contributed by atoms with van der Waals surface area (Å²) in [5.74, 6) is -1.12. The van der Waals surface area contributed by atoms with E-state index in [0.717, 1.165) is 17.3 Å². The van der Waals surface area contributed by atoms with Crippen LogP contribution in [-0.4, -0.2) is 36.2 Å². The van der Waals surface area contributed by atoms with E-state index in [1.807, 2.05) is 12.1 Å². The molecule has 0 spiro atoms. The van der Waals surface area contributed by atoms with Gasteiger partial charge in [0.2, 0.25) is 0 Å². The SMILES string of the molecule is CC[C@H](Sc1ncnc2c1nnn2Cc1ccc(Cl)cc1)C(=O)[O-]. The van der Waals surface area contributed by atoms with E-state index in [-0.39, 0.29) is 0 Å². The fourth-order valence-electron chi connectivity index (χ4n) is 2.16. The molecule has 0 aliphatic heterocycles. The maximum Gasteiger partial charge on any atom is 0.183 e. The van der Waals surface area contributed by atoms with Crippen molar-refractivity contribution >= 4 is 40.5 Å². The molecule has 9 heteroatoms. The maximum absolute atomic E-state index is 11.1. The quantitative estimate of drug-likeness (QED) is 0.484. The molecule has 0 amide bonds. The van der Waals surface area contributed by atoms with Crippen LogP contribution >= 0.6 is 23.4 Å². The van der Waals surface area contributed by atoms with Gasteiger partial charge in [0, 0.05) is 5.02 Å². The third-order valence-electron chi connectivity index (χ3n) is 3.40. The summed E-state index contributed by atoms with van der Waals surface area (Å²) in [4.78, 5) is 19.5. The highest BCUT2D eigenvalue weighted by Gasteiger charge is 2.17. The van der Waals surface area contributed by atoms with Gasteiger partial charge in [-0.2, -0.15) is 0 Å². The molecule has 0 aliphatic carbocycles. The molecule has 3 rings (SSSR count). The van der Waals surface area contributed by atoms with E-state index in [1.165, 1.54) is 6.33 Å². The average Bonchev–Trinajstić information content (AvgIpc) is 2.98. The largest absolute Gasteiger partial charge is 0.549 e. The summed E-state index contributed by atoms with van der Waals surface area (Å²) in [5.41, 5.74) is 2.03. The molecule has 0 fully saturated rings. The second-order valence-corrected chi connectivity index (χ2v) is 6.69. The lowest BCUT2D eigenvalue weighted by Gasteiger charge is -2.14. The van der Waals surface area contributed by atoms with Gasteiger partial charge in [0.1, 0.15) is 11.4 Å². The van der Waals surface area contributed by atoms with Crippen LogP contribution in [0, 0.1) is 0 Å². The molecule has 0 radical (unpaired) electrons. The number of carboxylic acid groups (broad SMARTS) is 1. The predicted octanol–water partition coefficient (Wildman–Crippen LogP) is 1.54. The number of rotatable bonds is 6. The highest BCUT2D eigenvalue weighted by Crippen LogP contribution is 2.28. The number of fused-ring (bicyclic) bond motifs is 1. The normalized spacial score (nSPS) is 12.4. The van der Waals surface area contributed by atoms with Gasteiger partial charge in [0.05, 0.1) is 17.8 Å². The Balaban J connectivity index is 1.91.